The van der Waals surface area contributed by atoms with Crippen LogP contribution in [0.4, 0.5) is 20.2 Å². The van der Waals surface area contributed by atoms with Crippen LogP contribution in [-0.2, 0) is 0 Å². The highest BCUT2D eigenvalue weighted by Crippen LogP contribution is 2.43. The van der Waals surface area contributed by atoms with Crippen LogP contribution >= 0.6 is 12.2 Å². The molecule has 2 heterocycles. The van der Waals surface area contributed by atoms with Gasteiger partial charge in [-0.25, -0.2) is 0 Å². The van der Waals surface area contributed by atoms with Gasteiger partial charge in [0, 0.05) is 17.8 Å². The zero-order chi connectivity index (χ0) is 19.8. The predicted octanol–water partition coefficient (Wildman–Crippen LogP) is 3.18. The Hall–Kier alpha value is -2.25. The van der Waals surface area contributed by atoms with E-state index in [1.807, 2.05) is 0 Å². The fourth-order valence-electron chi connectivity index (χ4n) is 4.37. The maximum atomic E-state index is 12.3. The predicted molar refractivity (Wildman–Crippen MR) is 111 cm³/mol. The highest BCUT2D eigenvalue weighted by molar-refractivity contribution is 7.80. The number of likely N-dealkylation sites (N-methyl/N-ethyl adjacent to an activating group) is 1. The number of hydrogen-bond acceptors (Lipinski definition) is 2. The van der Waals surface area contributed by atoms with Crippen molar-refractivity contribution in [2.45, 2.75) is 31.9 Å². The molecule has 1 unspecified atom stereocenters. The van der Waals surface area contributed by atoms with Gasteiger partial charge in [-0.1, -0.05) is 17.7 Å². The summed E-state index contributed by atoms with van der Waals surface area (Å²) in [6, 6.07) is 13.3. The highest BCUT2D eigenvalue weighted by Gasteiger charge is 2.44. The van der Waals surface area contributed by atoms with Crippen LogP contribution in [0.5, 0.6) is 5.75 Å². The molecule has 4 rings (SSSR count). The molecule has 2 N–H and O–H groups in total. The third-order valence-corrected chi connectivity index (χ3v) is 5.92. The first-order valence-corrected chi connectivity index (χ1v) is 9.90. The van der Waals surface area contributed by atoms with Crippen LogP contribution in [0.2, 0.25) is 0 Å². The molecule has 28 heavy (non-hydrogen) atoms. The lowest BCUT2D eigenvalue weighted by Gasteiger charge is -2.35. The maximum absolute atomic E-state index is 12.3. The molecule has 7 heteroatoms. The number of aryl methyl sites for hydroxylation is 1. The van der Waals surface area contributed by atoms with Crippen LogP contribution in [-0.4, -0.2) is 37.9 Å². The minimum absolute atomic E-state index is 0.131. The standard InChI is InChI=1S/C21H23F2N3OS/c1-13-3-8-18-16(11-13)17-12-25(2)10-9-19(17)26(18)21(28)24-14-4-6-15(7-5-14)27-20(22)23/h3-8,11,17,19-20H,9-10,12H2,1-2H3,(H,24,28)/p+1/t17-,19-/m1/s1. The second-order valence-electron chi connectivity index (χ2n) is 7.64. The number of piperidine rings is 1. The Labute approximate surface area is 169 Å². The Balaban J connectivity index is 1.57. The molecule has 0 radical (unpaired) electrons. The monoisotopic (exact) mass is 404 g/mol. The number of anilines is 2. The van der Waals surface area contributed by atoms with Gasteiger partial charge in [0.25, 0.3) is 0 Å². The van der Waals surface area contributed by atoms with Crippen LogP contribution in [0.15, 0.2) is 42.5 Å². The molecule has 0 amide bonds. The number of thiocarbonyl (C=S) groups is 1. The maximum Gasteiger partial charge on any atom is 0.387 e. The molecule has 2 aromatic carbocycles. The summed E-state index contributed by atoms with van der Waals surface area (Å²) in [4.78, 5) is 3.79. The van der Waals surface area contributed by atoms with Crippen LogP contribution < -0.4 is 19.9 Å². The molecular weight excluding hydrogens is 380 g/mol. The normalized spacial score (nSPS) is 23.3. The molecule has 0 bridgehead atoms. The number of nitrogens with one attached hydrogen (secondary N) is 2. The summed E-state index contributed by atoms with van der Waals surface area (Å²) in [6.07, 6.45) is 1.08. The number of ether oxygens (including phenoxy) is 1. The lowest BCUT2D eigenvalue weighted by Crippen LogP contribution is -3.11. The quantitative estimate of drug-likeness (QED) is 0.769. The number of nitrogens with zero attached hydrogens (tertiary/aromatic N) is 1. The lowest BCUT2D eigenvalue weighted by molar-refractivity contribution is -0.886. The number of halogens is 2. The summed E-state index contributed by atoms with van der Waals surface area (Å²) < 4.78 is 29.1. The molecule has 0 saturated carbocycles. The van der Waals surface area contributed by atoms with Crippen molar-refractivity contribution >= 4 is 28.7 Å². The van der Waals surface area contributed by atoms with E-state index in [9.17, 15) is 8.78 Å². The Kier molecular flexibility index (Phi) is 5.21. The second-order valence-corrected chi connectivity index (χ2v) is 8.03. The van der Waals surface area contributed by atoms with Gasteiger partial charge in [0.2, 0.25) is 0 Å². The Morgan fingerprint density at radius 2 is 2.00 bits per heavy atom. The van der Waals surface area contributed by atoms with Crippen molar-refractivity contribution in [3.8, 4) is 5.75 Å². The van der Waals surface area contributed by atoms with Gasteiger partial charge in [-0.3, -0.25) is 0 Å². The molecule has 2 aromatic rings. The van der Waals surface area contributed by atoms with Crippen LogP contribution in [0.1, 0.15) is 23.5 Å². The molecule has 0 aromatic heterocycles. The van der Waals surface area contributed by atoms with Crippen LogP contribution in [0, 0.1) is 6.92 Å². The average Bonchev–Trinajstić information content (AvgIpc) is 2.96. The Morgan fingerprint density at radius 3 is 2.71 bits per heavy atom. The van der Waals surface area contributed by atoms with Crippen molar-refractivity contribution in [2.24, 2.45) is 0 Å². The molecule has 3 atom stereocenters. The molecule has 2 aliphatic rings. The van der Waals surface area contributed by atoms with E-state index in [1.165, 1.54) is 28.9 Å². The number of quaternary nitrogens is 1. The zero-order valence-corrected chi connectivity index (χ0v) is 16.7. The van der Waals surface area contributed by atoms with Crippen molar-refractivity contribution in [2.75, 3.05) is 30.4 Å². The third-order valence-electron chi connectivity index (χ3n) is 5.62. The van der Waals surface area contributed by atoms with Gasteiger partial charge >= 0.3 is 6.61 Å². The third kappa shape index (κ3) is 3.69. The molecule has 4 nitrogen and oxygen atoms in total. The van der Waals surface area contributed by atoms with Gasteiger partial charge in [0.1, 0.15) is 5.75 Å². The van der Waals surface area contributed by atoms with Gasteiger partial charge in [0.15, 0.2) is 5.11 Å². The fraction of sp³-hybridized carbons (Fsp3) is 0.381. The van der Waals surface area contributed by atoms with Crippen molar-refractivity contribution in [1.29, 1.82) is 0 Å². The number of hydrogen-bond donors (Lipinski definition) is 2. The summed E-state index contributed by atoms with van der Waals surface area (Å²) in [5, 5.41) is 3.91. The molecule has 1 fully saturated rings. The highest BCUT2D eigenvalue weighted by atomic mass is 32.1. The smallest absolute Gasteiger partial charge is 0.387 e. The van der Waals surface area contributed by atoms with Gasteiger partial charge in [-0.15, -0.1) is 0 Å². The van der Waals surface area contributed by atoms with E-state index in [2.05, 4.69) is 47.1 Å². The first-order valence-electron chi connectivity index (χ1n) is 9.49. The summed E-state index contributed by atoms with van der Waals surface area (Å²) in [6.45, 7) is 1.51. The SMILES string of the molecule is Cc1ccc2c(c1)[C@H]1C[NH+](C)CC[C@H]1N2C(=S)Nc1ccc(OC(F)F)cc1. The summed E-state index contributed by atoms with van der Waals surface area (Å²) in [5.74, 6) is 0.594. The van der Waals surface area contributed by atoms with E-state index >= 15 is 0 Å². The molecule has 1 saturated heterocycles. The number of fused-ring (bicyclic) bond motifs is 3. The van der Waals surface area contributed by atoms with Crippen LogP contribution in [0.3, 0.4) is 0 Å². The van der Waals surface area contributed by atoms with Gasteiger partial charge < -0.3 is 19.9 Å². The molecule has 2 aliphatic heterocycles. The van der Waals surface area contributed by atoms with Crippen molar-refractivity contribution in [3.63, 3.8) is 0 Å². The average molecular weight is 405 g/mol. The second kappa shape index (κ2) is 7.64. The van der Waals surface area contributed by atoms with Crippen molar-refractivity contribution in [1.82, 2.24) is 0 Å². The first-order chi connectivity index (χ1) is 13.4. The topological polar surface area (TPSA) is 28.9 Å². The number of likely N-dealkylation sites (tertiary alicyclic amines) is 1. The zero-order valence-electron chi connectivity index (χ0n) is 15.9. The van der Waals surface area contributed by atoms with Gasteiger partial charge in [-0.05, 0) is 55.0 Å². The molecule has 0 spiro atoms. The Bertz CT molecular complexity index is 874. The minimum Gasteiger partial charge on any atom is -0.435 e. The van der Waals surface area contributed by atoms with E-state index in [-0.39, 0.29) is 5.75 Å². The van der Waals surface area contributed by atoms with E-state index in [0.717, 1.165) is 25.2 Å². The molecular formula is C21H24F2N3OS+. The summed E-state index contributed by atoms with van der Waals surface area (Å²) in [5.41, 5.74) is 4.55. The molecule has 148 valence electrons. The van der Waals surface area contributed by atoms with Crippen molar-refractivity contribution < 1.29 is 18.4 Å². The van der Waals surface area contributed by atoms with E-state index in [0.29, 0.717) is 17.1 Å². The minimum atomic E-state index is -2.83. The fourth-order valence-corrected chi connectivity index (χ4v) is 4.72. The number of benzene rings is 2. The molecule has 0 aliphatic carbocycles. The summed E-state index contributed by atoms with van der Waals surface area (Å²) in [7, 11) is 2.24. The number of alkyl halides is 2. The Morgan fingerprint density at radius 1 is 1.25 bits per heavy atom. The largest absolute Gasteiger partial charge is 0.435 e. The van der Waals surface area contributed by atoms with Crippen LogP contribution in [0.25, 0.3) is 0 Å². The van der Waals surface area contributed by atoms with Crippen molar-refractivity contribution in [3.05, 3.63) is 53.6 Å². The van der Waals surface area contributed by atoms with E-state index in [4.69, 9.17) is 12.2 Å². The van der Waals surface area contributed by atoms with Gasteiger partial charge in [0.05, 0.1) is 32.1 Å². The van der Waals surface area contributed by atoms with Gasteiger partial charge in [-0.2, -0.15) is 8.78 Å². The summed E-state index contributed by atoms with van der Waals surface area (Å²) >= 11 is 5.76. The lowest BCUT2D eigenvalue weighted by atomic mass is 9.89. The van der Waals surface area contributed by atoms with E-state index < -0.39 is 6.61 Å². The first kappa shape index (κ1) is 19.1. The number of rotatable bonds is 3. The van der Waals surface area contributed by atoms with E-state index in [1.54, 1.807) is 17.0 Å².